The third kappa shape index (κ3) is 4.34. The van der Waals surface area contributed by atoms with Gasteiger partial charge in [-0.05, 0) is 36.1 Å². The van der Waals surface area contributed by atoms with Gasteiger partial charge in [-0.1, -0.05) is 33.6 Å². The van der Waals surface area contributed by atoms with Crippen LogP contribution in [-0.2, 0) is 0 Å². The van der Waals surface area contributed by atoms with Gasteiger partial charge in [-0.15, -0.1) is 11.3 Å². The lowest BCUT2D eigenvalue weighted by molar-refractivity contribution is 0.0977. The molecule has 100 valence electrons. The van der Waals surface area contributed by atoms with Crippen LogP contribution in [0.25, 0.3) is 0 Å². The third-order valence-corrected chi connectivity index (χ3v) is 4.20. The Labute approximate surface area is 129 Å². The van der Waals surface area contributed by atoms with E-state index in [0.29, 0.717) is 30.2 Å². The molecule has 0 saturated heterocycles. The number of hydrogen-bond acceptors (Lipinski definition) is 3. The molecule has 1 heterocycles. The van der Waals surface area contributed by atoms with Crippen LogP contribution in [0.4, 0.5) is 0 Å². The van der Waals surface area contributed by atoms with E-state index in [0.717, 1.165) is 9.35 Å². The average molecular weight is 360 g/mol. The number of Topliss-reactive ketones (excluding diaryl/α,β-unsaturated/α-hetero) is 1. The van der Waals surface area contributed by atoms with Crippen molar-refractivity contribution in [3.63, 3.8) is 0 Å². The zero-order valence-electron chi connectivity index (χ0n) is 10.1. The maximum absolute atomic E-state index is 11.8. The minimum absolute atomic E-state index is 0.167. The smallest absolute Gasteiger partial charge is 0.172 e. The van der Waals surface area contributed by atoms with Crippen LogP contribution < -0.4 is 4.74 Å². The van der Waals surface area contributed by atoms with E-state index in [-0.39, 0.29) is 5.78 Å². The van der Waals surface area contributed by atoms with E-state index >= 15 is 0 Å². The van der Waals surface area contributed by atoms with Gasteiger partial charge in [0.25, 0.3) is 0 Å². The number of hydrogen-bond donors (Lipinski definition) is 0. The molecule has 19 heavy (non-hydrogen) atoms. The van der Waals surface area contributed by atoms with Crippen molar-refractivity contribution in [1.82, 2.24) is 0 Å². The van der Waals surface area contributed by atoms with Gasteiger partial charge in [0.15, 0.2) is 5.78 Å². The van der Waals surface area contributed by atoms with Gasteiger partial charge >= 0.3 is 0 Å². The van der Waals surface area contributed by atoms with E-state index in [1.807, 2.05) is 29.6 Å². The summed E-state index contributed by atoms with van der Waals surface area (Å²) in [4.78, 5) is 12.6. The Morgan fingerprint density at radius 1 is 1.37 bits per heavy atom. The van der Waals surface area contributed by atoms with Crippen molar-refractivity contribution in [3.05, 3.63) is 50.1 Å². The van der Waals surface area contributed by atoms with Crippen LogP contribution in [0.5, 0.6) is 5.75 Å². The Balaban J connectivity index is 1.76. The second-order valence-electron chi connectivity index (χ2n) is 3.93. The van der Waals surface area contributed by atoms with E-state index < -0.39 is 0 Å². The van der Waals surface area contributed by atoms with E-state index in [1.54, 1.807) is 6.07 Å². The van der Waals surface area contributed by atoms with E-state index in [4.69, 9.17) is 16.3 Å². The topological polar surface area (TPSA) is 26.3 Å². The molecule has 0 spiro atoms. The second kappa shape index (κ2) is 7.08. The Morgan fingerprint density at radius 2 is 2.21 bits per heavy atom. The molecule has 0 aliphatic rings. The molecule has 0 N–H and O–H groups in total. The highest BCUT2D eigenvalue weighted by molar-refractivity contribution is 9.10. The number of halogens is 2. The number of carbonyl (C=O) groups is 1. The largest absolute Gasteiger partial charge is 0.492 e. The number of ketones is 1. The first-order chi connectivity index (χ1) is 9.16. The fourth-order valence-electron chi connectivity index (χ4n) is 1.57. The van der Waals surface area contributed by atoms with Gasteiger partial charge in [0.2, 0.25) is 0 Å². The summed E-state index contributed by atoms with van der Waals surface area (Å²) in [6, 6.07) is 9.20. The highest BCUT2D eigenvalue weighted by atomic mass is 79.9. The number of benzene rings is 1. The molecule has 0 atom stereocenters. The SMILES string of the molecule is O=C(CCCOc1ccc(Br)cc1Cl)c1cccs1. The van der Waals surface area contributed by atoms with Crippen molar-refractivity contribution < 1.29 is 9.53 Å². The van der Waals surface area contributed by atoms with Gasteiger partial charge in [-0.2, -0.15) is 0 Å². The van der Waals surface area contributed by atoms with Crippen molar-refractivity contribution in [1.29, 1.82) is 0 Å². The molecule has 0 unspecified atom stereocenters. The number of rotatable bonds is 6. The Hall–Kier alpha value is -0.840. The van der Waals surface area contributed by atoms with Gasteiger partial charge < -0.3 is 4.74 Å². The molecule has 0 amide bonds. The van der Waals surface area contributed by atoms with Crippen molar-refractivity contribution in [2.75, 3.05) is 6.61 Å². The van der Waals surface area contributed by atoms with Crippen molar-refractivity contribution in [2.45, 2.75) is 12.8 Å². The zero-order chi connectivity index (χ0) is 13.7. The van der Waals surface area contributed by atoms with Crippen LogP contribution in [0.3, 0.4) is 0 Å². The minimum atomic E-state index is 0.167. The summed E-state index contributed by atoms with van der Waals surface area (Å²) < 4.78 is 6.47. The Kier molecular flexibility index (Phi) is 5.43. The first-order valence-corrected chi connectivity index (χ1v) is 7.86. The molecular weight excluding hydrogens is 348 g/mol. The van der Waals surface area contributed by atoms with Crippen LogP contribution in [-0.4, -0.2) is 12.4 Å². The summed E-state index contributed by atoms with van der Waals surface area (Å²) in [5, 5.41) is 2.48. The highest BCUT2D eigenvalue weighted by Gasteiger charge is 2.07. The molecule has 1 aromatic heterocycles. The van der Waals surface area contributed by atoms with Gasteiger partial charge in [0.05, 0.1) is 16.5 Å². The van der Waals surface area contributed by atoms with Crippen molar-refractivity contribution in [3.8, 4) is 5.75 Å². The molecule has 2 rings (SSSR count). The number of carbonyl (C=O) groups excluding carboxylic acids is 1. The standard InChI is InChI=1S/C14H12BrClO2S/c15-10-5-6-13(11(16)9-10)18-7-1-3-12(17)14-4-2-8-19-14/h2,4-6,8-9H,1,3,7H2. The summed E-state index contributed by atoms with van der Waals surface area (Å²) in [5.41, 5.74) is 0. The second-order valence-corrected chi connectivity index (χ2v) is 6.20. The predicted molar refractivity (Wildman–Crippen MR) is 82.5 cm³/mol. The Bertz CT molecular complexity index is 555. The van der Waals surface area contributed by atoms with E-state index in [2.05, 4.69) is 15.9 Å². The van der Waals surface area contributed by atoms with Crippen LogP contribution >= 0.6 is 38.9 Å². The maximum atomic E-state index is 11.8. The van der Waals surface area contributed by atoms with Crippen LogP contribution in [0.2, 0.25) is 5.02 Å². The van der Waals surface area contributed by atoms with E-state index in [1.165, 1.54) is 11.3 Å². The minimum Gasteiger partial charge on any atom is -0.492 e. The van der Waals surface area contributed by atoms with Crippen LogP contribution in [0.15, 0.2) is 40.2 Å². The first kappa shape index (κ1) is 14.6. The van der Waals surface area contributed by atoms with E-state index in [9.17, 15) is 4.79 Å². The van der Waals surface area contributed by atoms with Crippen LogP contribution in [0, 0.1) is 0 Å². The lowest BCUT2D eigenvalue weighted by Crippen LogP contribution is -2.02. The molecule has 0 saturated carbocycles. The first-order valence-electron chi connectivity index (χ1n) is 5.81. The number of thiophene rings is 1. The van der Waals surface area contributed by atoms with Crippen molar-refractivity contribution >= 4 is 44.7 Å². The van der Waals surface area contributed by atoms with Crippen molar-refractivity contribution in [2.24, 2.45) is 0 Å². The highest BCUT2D eigenvalue weighted by Crippen LogP contribution is 2.27. The molecule has 2 nitrogen and oxygen atoms in total. The molecule has 0 fully saturated rings. The molecule has 0 bridgehead atoms. The summed E-state index contributed by atoms with van der Waals surface area (Å²) in [7, 11) is 0. The molecule has 0 aliphatic carbocycles. The van der Waals surface area contributed by atoms with Gasteiger partial charge in [-0.25, -0.2) is 0 Å². The van der Waals surface area contributed by atoms with Gasteiger partial charge in [0.1, 0.15) is 5.75 Å². The monoisotopic (exact) mass is 358 g/mol. The summed E-state index contributed by atoms with van der Waals surface area (Å²) >= 11 is 10.8. The summed E-state index contributed by atoms with van der Waals surface area (Å²) in [5.74, 6) is 0.814. The lowest BCUT2D eigenvalue weighted by atomic mass is 10.2. The molecule has 1 aromatic carbocycles. The van der Waals surface area contributed by atoms with Gasteiger partial charge in [0, 0.05) is 10.9 Å². The summed E-state index contributed by atoms with van der Waals surface area (Å²) in [6.45, 7) is 0.485. The lowest BCUT2D eigenvalue weighted by Gasteiger charge is -2.07. The van der Waals surface area contributed by atoms with Crippen LogP contribution in [0.1, 0.15) is 22.5 Å². The molecule has 0 aliphatic heterocycles. The maximum Gasteiger partial charge on any atom is 0.172 e. The predicted octanol–water partition coefficient (Wildman–Crippen LogP) is 5.21. The number of ether oxygens (including phenoxy) is 1. The zero-order valence-corrected chi connectivity index (χ0v) is 13.2. The summed E-state index contributed by atoms with van der Waals surface area (Å²) in [6.07, 6.45) is 1.18. The molecule has 5 heteroatoms. The Morgan fingerprint density at radius 3 is 2.89 bits per heavy atom. The van der Waals surface area contributed by atoms with Gasteiger partial charge in [-0.3, -0.25) is 4.79 Å². The third-order valence-electron chi connectivity index (χ3n) is 2.50. The molecule has 2 aromatic rings. The molecule has 0 radical (unpaired) electrons. The normalized spacial score (nSPS) is 10.4. The average Bonchev–Trinajstić information content (AvgIpc) is 2.90. The molecular formula is C14H12BrClO2S. The fraction of sp³-hybridized carbons (Fsp3) is 0.214. The quantitative estimate of drug-likeness (QED) is 0.523. The fourth-order valence-corrected chi connectivity index (χ4v) is 2.99.